The van der Waals surface area contributed by atoms with Gasteiger partial charge in [-0.05, 0) is 93.1 Å². The molecule has 0 radical (unpaired) electrons. The number of hydrogen-bond acceptors (Lipinski definition) is 8. The number of ether oxygens (including phenoxy) is 2. The topological polar surface area (TPSA) is 130 Å². The van der Waals surface area contributed by atoms with Crippen LogP contribution in [0.5, 0.6) is 0 Å². The molecule has 0 amide bonds. The molecule has 1 aromatic rings. The van der Waals surface area contributed by atoms with Gasteiger partial charge in [-0.25, -0.2) is 4.79 Å². The van der Waals surface area contributed by atoms with Crippen LogP contribution in [0.4, 0.5) is 0 Å². The summed E-state index contributed by atoms with van der Waals surface area (Å²) in [6.45, 7) is 6.26. The van der Waals surface area contributed by atoms with Gasteiger partial charge in [0.25, 0.3) is 0 Å². The summed E-state index contributed by atoms with van der Waals surface area (Å²) in [5.41, 5.74) is 0.991. The second-order valence-electron chi connectivity index (χ2n) is 13.1. The minimum atomic E-state index is -1.31. The minimum absolute atomic E-state index is 0.0213. The highest BCUT2D eigenvalue weighted by Gasteiger charge is 2.66. The molecular formula is C30H42O8. The molecule has 0 aromatic carbocycles. The van der Waals surface area contributed by atoms with Crippen molar-refractivity contribution in [1.29, 1.82) is 0 Å². The summed E-state index contributed by atoms with van der Waals surface area (Å²) < 4.78 is 17.0. The molecule has 1 aliphatic heterocycles. The van der Waals surface area contributed by atoms with Gasteiger partial charge in [-0.3, -0.25) is 0 Å². The first-order chi connectivity index (χ1) is 18.0. The van der Waals surface area contributed by atoms with E-state index >= 15 is 0 Å². The lowest BCUT2D eigenvalue weighted by Gasteiger charge is -2.62. The average Bonchev–Trinajstić information content (AvgIpc) is 3.18. The van der Waals surface area contributed by atoms with Crippen LogP contribution in [-0.2, 0) is 9.47 Å². The lowest BCUT2D eigenvalue weighted by Crippen LogP contribution is -2.60. The van der Waals surface area contributed by atoms with Gasteiger partial charge in [0.1, 0.15) is 18.3 Å². The molecule has 1 aromatic heterocycles. The zero-order valence-electron chi connectivity index (χ0n) is 22.6. The predicted octanol–water partition coefficient (Wildman–Crippen LogP) is 3.01. The maximum atomic E-state index is 12.4. The zero-order valence-corrected chi connectivity index (χ0v) is 22.6. The minimum Gasteiger partial charge on any atom is -0.431 e. The molecule has 12 atom stereocenters. The van der Waals surface area contributed by atoms with Gasteiger partial charge in [-0.15, -0.1) is 0 Å². The third-order valence-corrected chi connectivity index (χ3v) is 11.5. The van der Waals surface area contributed by atoms with E-state index < -0.39 is 36.3 Å². The molecule has 2 unspecified atom stereocenters. The Morgan fingerprint density at radius 3 is 2.47 bits per heavy atom. The highest BCUT2D eigenvalue weighted by atomic mass is 16.7. The molecule has 2 heterocycles. The second-order valence-corrected chi connectivity index (χ2v) is 13.1. The van der Waals surface area contributed by atoms with E-state index in [1.807, 2.05) is 6.07 Å². The van der Waals surface area contributed by atoms with E-state index in [-0.39, 0.29) is 34.4 Å². The smallest absolute Gasteiger partial charge is 0.335 e. The lowest BCUT2D eigenvalue weighted by atomic mass is 9.45. The first-order valence-corrected chi connectivity index (χ1v) is 14.4. The average molecular weight is 531 g/mol. The van der Waals surface area contributed by atoms with Crippen molar-refractivity contribution in [3.05, 3.63) is 46.0 Å². The molecule has 6 rings (SSSR count). The Morgan fingerprint density at radius 2 is 1.74 bits per heavy atom. The molecule has 4 fully saturated rings. The highest BCUT2D eigenvalue weighted by Crippen LogP contribution is 2.70. The van der Waals surface area contributed by atoms with E-state index in [1.165, 1.54) is 11.6 Å². The second kappa shape index (κ2) is 9.25. The van der Waals surface area contributed by atoms with Crippen molar-refractivity contribution in [2.75, 3.05) is 0 Å². The van der Waals surface area contributed by atoms with Gasteiger partial charge < -0.3 is 34.3 Å². The van der Waals surface area contributed by atoms with E-state index in [0.717, 1.165) is 56.9 Å². The van der Waals surface area contributed by atoms with Crippen LogP contribution in [0.25, 0.3) is 0 Å². The quantitative estimate of drug-likeness (QED) is 0.439. The molecule has 8 nitrogen and oxygen atoms in total. The van der Waals surface area contributed by atoms with Gasteiger partial charge >= 0.3 is 5.63 Å². The SMILES string of the molecule is CC1O[C@@H](O[C@@H]2C=C3CC[C@@H]4[C@H](CC[C@]5(C)[C@@H](c6ccc(=O)oc6)CC[C@]45O)[C@@]3(C)CC2)C(O)[C@@H](O)[C@H]1O. The molecule has 1 saturated heterocycles. The third-order valence-electron chi connectivity index (χ3n) is 11.5. The summed E-state index contributed by atoms with van der Waals surface area (Å²) >= 11 is 0. The molecule has 0 spiro atoms. The largest absolute Gasteiger partial charge is 0.431 e. The van der Waals surface area contributed by atoms with Crippen molar-refractivity contribution >= 4 is 0 Å². The standard InChI is InChI=1S/C30H42O8/c1-16-24(32)25(33)26(34)27(37-16)38-19-8-11-28(2)18(14-19)5-6-22-21(28)9-12-29(3)20(10-13-30(22,29)35)17-4-7-23(31)36-15-17/h4,7,14-16,19-22,24-27,32-35H,5-6,8-13H2,1-3H3/t16?,19-,20+,21-,22+,24-,25-,26?,27-,28-,29+,30-/m0/s1. The van der Waals surface area contributed by atoms with Crippen molar-refractivity contribution in [1.82, 2.24) is 0 Å². The van der Waals surface area contributed by atoms with Crippen LogP contribution in [0.15, 0.2) is 39.3 Å². The van der Waals surface area contributed by atoms with Crippen molar-refractivity contribution in [2.24, 2.45) is 22.7 Å². The highest BCUT2D eigenvalue weighted by molar-refractivity contribution is 5.31. The van der Waals surface area contributed by atoms with Gasteiger partial charge in [0.05, 0.1) is 24.1 Å². The number of fused-ring (bicyclic) bond motifs is 5. The maximum Gasteiger partial charge on any atom is 0.335 e. The van der Waals surface area contributed by atoms with Crippen molar-refractivity contribution < 1.29 is 34.3 Å². The van der Waals surface area contributed by atoms with Crippen molar-refractivity contribution in [3.63, 3.8) is 0 Å². The predicted molar refractivity (Wildman–Crippen MR) is 138 cm³/mol. The normalized spacial score (nSPS) is 50.5. The fourth-order valence-corrected chi connectivity index (χ4v) is 9.17. The third kappa shape index (κ3) is 3.82. The number of aliphatic hydroxyl groups excluding tert-OH is 3. The van der Waals surface area contributed by atoms with Crippen molar-refractivity contribution in [2.45, 2.75) is 120 Å². The number of hydrogen-bond donors (Lipinski definition) is 4. The fourth-order valence-electron chi connectivity index (χ4n) is 9.17. The molecule has 8 heteroatoms. The van der Waals surface area contributed by atoms with Gasteiger partial charge in [0, 0.05) is 11.5 Å². The summed E-state index contributed by atoms with van der Waals surface area (Å²) in [6.07, 6.45) is 5.32. The van der Waals surface area contributed by atoms with Crippen molar-refractivity contribution in [3.8, 4) is 0 Å². The first-order valence-electron chi connectivity index (χ1n) is 14.4. The van der Waals surface area contributed by atoms with Crippen LogP contribution >= 0.6 is 0 Å². The van der Waals surface area contributed by atoms with E-state index in [0.29, 0.717) is 5.92 Å². The summed E-state index contributed by atoms with van der Waals surface area (Å²) in [7, 11) is 0. The molecule has 3 saturated carbocycles. The number of rotatable bonds is 3. The Balaban J connectivity index is 1.21. The lowest BCUT2D eigenvalue weighted by molar-refractivity contribution is -0.301. The van der Waals surface area contributed by atoms with Crippen LogP contribution in [0.3, 0.4) is 0 Å². The fraction of sp³-hybridized carbons (Fsp3) is 0.767. The molecule has 4 aliphatic carbocycles. The summed E-state index contributed by atoms with van der Waals surface area (Å²) in [4.78, 5) is 11.5. The first kappa shape index (κ1) is 26.7. The van der Waals surface area contributed by atoms with Gasteiger partial charge in [0.2, 0.25) is 0 Å². The maximum absolute atomic E-state index is 12.4. The van der Waals surface area contributed by atoms with Gasteiger partial charge in [-0.1, -0.05) is 25.5 Å². The molecule has 210 valence electrons. The number of allylic oxidation sites excluding steroid dienone is 1. The van der Waals surface area contributed by atoms with E-state index in [9.17, 15) is 25.2 Å². The van der Waals surface area contributed by atoms with Gasteiger partial charge in [-0.2, -0.15) is 0 Å². The van der Waals surface area contributed by atoms with Crippen LogP contribution < -0.4 is 5.63 Å². The monoisotopic (exact) mass is 530 g/mol. The Labute approximate surface area is 223 Å². The van der Waals surface area contributed by atoms with E-state index in [4.69, 9.17) is 13.9 Å². The molecule has 5 aliphatic rings. The Kier molecular flexibility index (Phi) is 6.49. The van der Waals surface area contributed by atoms with E-state index in [2.05, 4.69) is 19.9 Å². The summed E-state index contributed by atoms with van der Waals surface area (Å²) in [5, 5.41) is 43.0. The molecular weight excluding hydrogens is 488 g/mol. The summed E-state index contributed by atoms with van der Waals surface area (Å²) in [6, 6.07) is 3.36. The van der Waals surface area contributed by atoms with Crippen LogP contribution in [0.1, 0.15) is 83.6 Å². The van der Waals surface area contributed by atoms with E-state index in [1.54, 1.807) is 13.2 Å². The molecule has 0 bridgehead atoms. The van der Waals surface area contributed by atoms with Gasteiger partial charge in [0.15, 0.2) is 6.29 Å². The molecule has 38 heavy (non-hydrogen) atoms. The Bertz CT molecular complexity index is 1130. The zero-order chi connectivity index (χ0) is 27.0. The Hall–Kier alpha value is -1.55. The van der Waals surface area contributed by atoms with Crippen LogP contribution in [-0.4, -0.2) is 62.8 Å². The van der Waals surface area contributed by atoms with Crippen LogP contribution in [0, 0.1) is 22.7 Å². The number of aliphatic hydroxyl groups is 4. The summed E-state index contributed by atoms with van der Waals surface area (Å²) in [5.74, 6) is 0.759. The Morgan fingerprint density at radius 1 is 0.947 bits per heavy atom. The van der Waals surface area contributed by atoms with Crippen LogP contribution in [0.2, 0.25) is 0 Å². The molecule has 4 N–H and O–H groups in total.